The highest BCUT2D eigenvalue weighted by molar-refractivity contribution is 6.18. The average molecular weight is 284 g/mol. The van der Waals surface area contributed by atoms with Gasteiger partial charge in [0, 0.05) is 24.5 Å². The number of benzene rings is 1. The second-order valence-electron chi connectivity index (χ2n) is 5.26. The molecule has 19 heavy (non-hydrogen) atoms. The number of nitrogens with one attached hydrogen (secondary N) is 1. The van der Waals surface area contributed by atoms with Crippen LogP contribution in [0.2, 0.25) is 0 Å². The van der Waals surface area contributed by atoms with Crippen molar-refractivity contribution in [3.8, 4) is 5.75 Å². The zero-order chi connectivity index (χ0) is 14.3. The summed E-state index contributed by atoms with van der Waals surface area (Å²) in [6.45, 7) is 8.29. The summed E-state index contributed by atoms with van der Waals surface area (Å²) in [4.78, 5) is 0. The zero-order valence-electron chi connectivity index (χ0n) is 12.6. The van der Waals surface area contributed by atoms with Gasteiger partial charge < -0.3 is 10.1 Å². The smallest absolute Gasteiger partial charge is 0.123 e. The molecular weight excluding hydrogens is 258 g/mol. The molecule has 0 aliphatic rings. The molecule has 0 saturated carbocycles. The first-order chi connectivity index (χ1) is 9.10. The van der Waals surface area contributed by atoms with Gasteiger partial charge in [0.25, 0.3) is 0 Å². The van der Waals surface area contributed by atoms with E-state index in [0.29, 0.717) is 5.88 Å². The molecule has 1 N–H and O–H groups in total. The van der Waals surface area contributed by atoms with Crippen molar-refractivity contribution in [2.75, 3.05) is 19.5 Å². The van der Waals surface area contributed by atoms with Crippen LogP contribution in [0.15, 0.2) is 18.2 Å². The number of halogens is 1. The maximum atomic E-state index is 6.13. The van der Waals surface area contributed by atoms with Crippen LogP contribution in [0.1, 0.15) is 37.8 Å². The first-order valence-corrected chi connectivity index (χ1v) is 7.54. The third-order valence-electron chi connectivity index (χ3n) is 4.03. The molecule has 0 saturated heterocycles. The number of ether oxygens (including phenoxy) is 1. The van der Waals surface area contributed by atoms with E-state index >= 15 is 0 Å². The topological polar surface area (TPSA) is 21.3 Å². The second kappa shape index (κ2) is 7.76. The minimum Gasteiger partial charge on any atom is -0.496 e. The zero-order valence-corrected chi connectivity index (χ0v) is 13.3. The molecule has 0 bridgehead atoms. The van der Waals surface area contributed by atoms with Crippen molar-refractivity contribution in [3.05, 3.63) is 29.3 Å². The Morgan fingerprint density at radius 3 is 2.47 bits per heavy atom. The van der Waals surface area contributed by atoms with E-state index in [2.05, 4.69) is 38.2 Å². The van der Waals surface area contributed by atoms with Crippen LogP contribution in [-0.2, 0) is 6.54 Å². The fourth-order valence-electron chi connectivity index (χ4n) is 2.24. The van der Waals surface area contributed by atoms with Gasteiger partial charge in [0.15, 0.2) is 0 Å². The minimum absolute atomic E-state index is 0.207. The Hall–Kier alpha value is -0.730. The van der Waals surface area contributed by atoms with Gasteiger partial charge in [-0.25, -0.2) is 0 Å². The summed E-state index contributed by atoms with van der Waals surface area (Å²) in [5.74, 6) is 1.65. The Balaban J connectivity index is 2.64. The lowest BCUT2D eigenvalue weighted by atomic mass is 9.84. The Morgan fingerprint density at radius 1 is 1.26 bits per heavy atom. The minimum atomic E-state index is 0.207. The molecule has 3 heteroatoms. The largest absolute Gasteiger partial charge is 0.496 e. The summed E-state index contributed by atoms with van der Waals surface area (Å²) in [5, 5.41) is 3.53. The van der Waals surface area contributed by atoms with E-state index in [0.717, 1.165) is 31.7 Å². The Morgan fingerprint density at radius 2 is 1.95 bits per heavy atom. The SMILES string of the molecule is CCC(CC)(CCl)CNCc1cc(C)ccc1OC. The van der Waals surface area contributed by atoms with Gasteiger partial charge in [-0.3, -0.25) is 0 Å². The molecule has 0 atom stereocenters. The van der Waals surface area contributed by atoms with Crippen molar-refractivity contribution in [1.82, 2.24) is 5.32 Å². The number of alkyl halides is 1. The summed E-state index contributed by atoms with van der Waals surface area (Å²) in [6.07, 6.45) is 2.20. The van der Waals surface area contributed by atoms with Crippen molar-refractivity contribution in [2.45, 2.75) is 40.2 Å². The molecular formula is C16H26ClNO. The number of aryl methyl sites for hydroxylation is 1. The molecule has 0 spiro atoms. The summed E-state index contributed by atoms with van der Waals surface area (Å²) in [5.41, 5.74) is 2.67. The summed E-state index contributed by atoms with van der Waals surface area (Å²) in [7, 11) is 1.72. The third kappa shape index (κ3) is 4.39. The van der Waals surface area contributed by atoms with E-state index in [4.69, 9.17) is 16.3 Å². The van der Waals surface area contributed by atoms with Gasteiger partial charge in [-0.15, -0.1) is 11.6 Å². The predicted molar refractivity (Wildman–Crippen MR) is 83.2 cm³/mol. The number of methoxy groups -OCH3 is 1. The third-order valence-corrected chi connectivity index (χ3v) is 4.60. The van der Waals surface area contributed by atoms with E-state index < -0.39 is 0 Å². The fourth-order valence-corrected chi connectivity index (χ4v) is 2.72. The summed E-state index contributed by atoms with van der Waals surface area (Å²) in [6, 6.07) is 6.27. The predicted octanol–water partition coefficient (Wildman–Crippen LogP) is 4.14. The Labute approximate surface area is 122 Å². The van der Waals surface area contributed by atoms with Gasteiger partial charge >= 0.3 is 0 Å². The maximum Gasteiger partial charge on any atom is 0.123 e. The molecule has 0 fully saturated rings. The van der Waals surface area contributed by atoms with E-state index in [1.807, 2.05) is 6.07 Å². The molecule has 0 heterocycles. The molecule has 108 valence electrons. The average Bonchev–Trinajstić information content (AvgIpc) is 2.44. The monoisotopic (exact) mass is 283 g/mol. The highest BCUT2D eigenvalue weighted by atomic mass is 35.5. The highest BCUT2D eigenvalue weighted by Gasteiger charge is 2.24. The van der Waals surface area contributed by atoms with Crippen molar-refractivity contribution in [2.24, 2.45) is 5.41 Å². The van der Waals surface area contributed by atoms with Crippen molar-refractivity contribution >= 4 is 11.6 Å². The summed E-state index contributed by atoms with van der Waals surface area (Å²) >= 11 is 6.13. The molecule has 0 unspecified atom stereocenters. The molecule has 0 radical (unpaired) electrons. The summed E-state index contributed by atoms with van der Waals surface area (Å²) < 4.78 is 5.40. The quantitative estimate of drug-likeness (QED) is 0.724. The van der Waals surface area contributed by atoms with Crippen LogP contribution in [0.3, 0.4) is 0 Å². The Bertz CT molecular complexity index is 380. The molecule has 1 aromatic carbocycles. The molecule has 2 nitrogen and oxygen atoms in total. The van der Waals surface area contributed by atoms with E-state index in [-0.39, 0.29) is 5.41 Å². The molecule has 0 aliphatic carbocycles. The maximum absolute atomic E-state index is 6.13. The molecule has 1 aromatic rings. The standard InChI is InChI=1S/C16H26ClNO/c1-5-16(6-2,11-17)12-18-10-14-9-13(3)7-8-15(14)19-4/h7-9,18H,5-6,10-12H2,1-4H3. The lowest BCUT2D eigenvalue weighted by molar-refractivity contribution is 0.285. The molecule has 0 aliphatic heterocycles. The lowest BCUT2D eigenvalue weighted by Crippen LogP contribution is -2.34. The van der Waals surface area contributed by atoms with E-state index in [1.54, 1.807) is 7.11 Å². The molecule has 0 amide bonds. The van der Waals surface area contributed by atoms with Crippen molar-refractivity contribution in [1.29, 1.82) is 0 Å². The first-order valence-electron chi connectivity index (χ1n) is 7.01. The van der Waals surface area contributed by atoms with Crippen LogP contribution < -0.4 is 10.1 Å². The number of rotatable bonds is 8. The van der Waals surface area contributed by atoms with Crippen LogP contribution in [0.25, 0.3) is 0 Å². The van der Waals surface area contributed by atoms with Crippen molar-refractivity contribution < 1.29 is 4.74 Å². The number of hydrogen-bond acceptors (Lipinski definition) is 2. The highest BCUT2D eigenvalue weighted by Crippen LogP contribution is 2.27. The van der Waals surface area contributed by atoms with Crippen LogP contribution in [0, 0.1) is 12.3 Å². The van der Waals surface area contributed by atoms with E-state index in [9.17, 15) is 0 Å². The van der Waals surface area contributed by atoms with E-state index in [1.165, 1.54) is 11.1 Å². The second-order valence-corrected chi connectivity index (χ2v) is 5.53. The van der Waals surface area contributed by atoms with Crippen LogP contribution in [-0.4, -0.2) is 19.5 Å². The molecule has 0 aromatic heterocycles. The van der Waals surface area contributed by atoms with Gasteiger partial charge in [-0.05, 0) is 31.2 Å². The Kier molecular flexibility index (Phi) is 6.67. The number of hydrogen-bond donors (Lipinski definition) is 1. The fraction of sp³-hybridized carbons (Fsp3) is 0.625. The van der Waals surface area contributed by atoms with Gasteiger partial charge in [0.1, 0.15) is 5.75 Å². The van der Waals surface area contributed by atoms with Crippen LogP contribution in [0.4, 0.5) is 0 Å². The van der Waals surface area contributed by atoms with Gasteiger partial charge in [0.2, 0.25) is 0 Å². The van der Waals surface area contributed by atoms with Crippen LogP contribution in [0.5, 0.6) is 5.75 Å². The van der Waals surface area contributed by atoms with Crippen LogP contribution >= 0.6 is 11.6 Å². The molecule has 1 rings (SSSR count). The van der Waals surface area contributed by atoms with Gasteiger partial charge in [0.05, 0.1) is 7.11 Å². The normalized spacial score (nSPS) is 11.6. The first kappa shape index (κ1) is 16.3. The van der Waals surface area contributed by atoms with Gasteiger partial charge in [-0.2, -0.15) is 0 Å². The van der Waals surface area contributed by atoms with Gasteiger partial charge in [-0.1, -0.05) is 31.5 Å². The van der Waals surface area contributed by atoms with Crippen molar-refractivity contribution in [3.63, 3.8) is 0 Å². The lowest BCUT2D eigenvalue weighted by Gasteiger charge is -2.29.